The van der Waals surface area contributed by atoms with Crippen molar-refractivity contribution in [2.45, 2.75) is 26.7 Å². The highest BCUT2D eigenvalue weighted by atomic mass is 16.5. The minimum Gasteiger partial charge on any atom is -0.497 e. The SMILES string of the molecule is CCOc1ccc(C2=C(Nc3ccc(C(C)C)cc3)C(=O)N(c3cccc(OC)c3)C2=O)cc1. The van der Waals surface area contributed by atoms with Crippen molar-refractivity contribution in [2.24, 2.45) is 0 Å². The molecule has 1 aliphatic rings. The number of carbonyl (C=O) groups is 2. The van der Waals surface area contributed by atoms with E-state index < -0.39 is 11.8 Å². The van der Waals surface area contributed by atoms with Gasteiger partial charge in [-0.1, -0.05) is 44.2 Å². The van der Waals surface area contributed by atoms with Crippen molar-refractivity contribution >= 4 is 28.8 Å². The van der Waals surface area contributed by atoms with Gasteiger partial charge in [-0.3, -0.25) is 9.59 Å². The van der Waals surface area contributed by atoms with Gasteiger partial charge >= 0.3 is 0 Å². The van der Waals surface area contributed by atoms with E-state index in [1.54, 1.807) is 55.6 Å². The first-order valence-corrected chi connectivity index (χ1v) is 11.3. The summed E-state index contributed by atoms with van der Waals surface area (Å²) >= 11 is 0. The van der Waals surface area contributed by atoms with Crippen molar-refractivity contribution in [1.82, 2.24) is 0 Å². The lowest BCUT2D eigenvalue weighted by Gasteiger charge is -2.16. The smallest absolute Gasteiger partial charge is 0.282 e. The van der Waals surface area contributed by atoms with Crippen LogP contribution in [0.4, 0.5) is 11.4 Å². The van der Waals surface area contributed by atoms with Crippen molar-refractivity contribution in [3.63, 3.8) is 0 Å². The number of nitrogens with one attached hydrogen (secondary N) is 1. The molecule has 34 heavy (non-hydrogen) atoms. The molecule has 3 aromatic rings. The minimum absolute atomic E-state index is 0.231. The molecule has 4 rings (SSSR count). The van der Waals surface area contributed by atoms with Crippen LogP contribution in [0.1, 0.15) is 37.8 Å². The summed E-state index contributed by atoms with van der Waals surface area (Å²) in [4.78, 5) is 28.4. The Labute approximate surface area is 199 Å². The number of rotatable bonds is 8. The van der Waals surface area contributed by atoms with Crippen molar-refractivity contribution in [1.29, 1.82) is 0 Å². The van der Waals surface area contributed by atoms with Gasteiger partial charge in [0.2, 0.25) is 0 Å². The highest BCUT2D eigenvalue weighted by Crippen LogP contribution is 2.35. The van der Waals surface area contributed by atoms with Crippen LogP contribution in [0.5, 0.6) is 11.5 Å². The number of benzene rings is 3. The maximum Gasteiger partial charge on any atom is 0.282 e. The number of ether oxygens (including phenoxy) is 2. The minimum atomic E-state index is -0.421. The molecule has 174 valence electrons. The monoisotopic (exact) mass is 456 g/mol. The molecule has 0 aliphatic carbocycles. The lowest BCUT2D eigenvalue weighted by Crippen LogP contribution is -2.32. The third-order valence-electron chi connectivity index (χ3n) is 5.70. The van der Waals surface area contributed by atoms with Crippen molar-refractivity contribution in [2.75, 3.05) is 23.9 Å². The number of methoxy groups -OCH3 is 1. The Kier molecular flexibility index (Phi) is 6.68. The van der Waals surface area contributed by atoms with Crippen LogP contribution in [-0.4, -0.2) is 25.5 Å². The quantitative estimate of drug-likeness (QED) is 0.446. The normalized spacial score (nSPS) is 13.6. The van der Waals surface area contributed by atoms with E-state index in [1.165, 1.54) is 10.5 Å². The molecule has 1 aliphatic heterocycles. The Morgan fingerprint density at radius 2 is 1.59 bits per heavy atom. The number of anilines is 2. The Morgan fingerprint density at radius 3 is 2.21 bits per heavy atom. The molecule has 1 heterocycles. The van der Waals surface area contributed by atoms with Gasteiger partial charge in [0.25, 0.3) is 11.8 Å². The largest absolute Gasteiger partial charge is 0.497 e. The summed E-state index contributed by atoms with van der Waals surface area (Å²) in [7, 11) is 1.55. The van der Waals surface area contributed by atoms with Crippen LogP contribution >= 0.6 is 0 Å². The van der Waals surface area contributed by atoms with Crippen molar-refractivity contribution < 1.29 is 19.1 Å². The molecule has 1 N–H and O–H groups in total. The molecule has 0 radical (unpaired) electrons. The van der Waals surface area contributed by atoms with Crippen molar-refractivity contribution in [3.05, 3.63) is 89.6 Å². The summed E-state index contributed by atoms with van der Waals surface area (Å²) in [6, 6.07) is 22.0. The topological polar surface area (TPSA) is 67.9 Å². The molecule has 0 unspecified atom stereocenters. The van der Waals surface area contributed by atoms with E-state index in [0.717, 1.165) is 5.69 Å². The van der Waals surface area contributed by atoms with E-state index in [1.807, 2.05) is 31.2 Å². The second-order valence-electron chi connectivity index (χ2n) is 8.26. The number of nitrogens with zero attached hydrogens (tertiary/aromatic N) is 1. The van der Waals surface area contributed by atoms with Gasteiger partial charge < -0.3 is 14.8 Å². The third kappa shape index (κ3) is 4.53. The first-order chi connectivity index (χ1) is 16.4. The molecule has 0 spiro atoms. The second kappa shape index (κ2) is 9.83. The molecular formula is C28H28N2O4. The summed E-state index contributed by atoms with van der Waals surface area (Å²) in [6.07, 6.45) is 0. The van der Waals surface area contributed by atoms with Crippen LogP contribution in [0.2, 0.25) is 0 Å². The predicted molar refractivity (Wildman–Crippen MR) is 134 cm³/mol. The molecule has 0 bridgehead atoms. The van der Waals surface area contributed by atoms with E-state index >= 15 is 0 Å². The van der Waals surface area contributed by atoms with E-state index in [4.69, 9.17) is 9.47 Å². The van der Waals surface area contributed by atoms with Crippen LogP contribution in [0, 0.1) is 0 Å². The summed E-state index contributed by atoms with van der Waals surface area (Å²) in [5, 5.41) is 3.21. The molecule has 6 heteroatoms. The van der Waals surface area contributed by atoms with E-state index in [2.05, 4.69) is 19.2 Å². The highest BCUT2D eigenvalue weighted by Gasteiger charge is 2.40. The van der Waals surface area contributed by atoms with E-state index in [-0.39, 0.29) is 5.70 Å². The zero-order chi connectivity index (χ0) is 24.2. The lowest BCUT2D eigenvalue weighted by atomic mass is 10.0. The van der Waals surface area contributed by atoms with Gasteiger partial charge in [0.15, 0.2) is 0 Å². The fourth-order valence-corrected chi connectivity index (χ4v) is 3.88. The van der Waals surface area contributed by atoms with E-state index in [0.29, 0.717) is 40.8 Å². The zero-order valence-electron chi connectivity index (χ0n) is 19.8. The average Bonchev–Trinajstić information content (AvgIpc) is 3.09. The predicted octanol–water partition coefficient (Wildman–Crippen LogP) is 5.61. The number of hydrogen-bond donors (Lipinski definition) is 1. The molecular weight excluding hydrogens is 428 g/mol. The number of amides is 2. The first kappa shape index (κ1) is 23.1. The number of carbonyl (C=O) groups excluding carboxylic acids is 2. The van der Waals surface area contributed by atoms with Gasteiger partial charge in [-0.15, -0.1) is 0 Å². The second-order valence-corrected chi connectivity index (χ2v) is 8.26. The van der Waals surface area contributed by atoms with Crippen LogP contribution in [0.15, 0.2) is 78.5 Å². The Balaban J connectivity index is 1.76. The maximum atomic E-state index is 13.6. The summed E-state index contributed by atoms with van der Waals surface area (Å²) < 4.78 is 10.8. The van der Waals surface area contributed by atoms with Crippen LogP contribution < -0.4 is 19.7 Å². The lowest BCUT2D eigenvalue weighted by molar-refractivity contribution is -0.120. The highest BCUT2D eigenvalue weighted by molar-refractivity contribution is 6.46. The summed E-state index contributed by atoms with van der Waals surface area (Å²) in [5.41, 5.74) is 3.55. The van der Waals surface area contributed by atoms with Crippen molar-refractivity contribution in [3.8, 4) is 11.5 Å². The average molecular weight is 457 g/mol. The molecule has 0 aromatic heterocycles. The first-order valence-electron chi connectivity index (χ1n) is 11.3. The Bertz CT molecular complexity index is 1230. The number of hydrogen-bond acceptors (Lipinski definition) is 5. The summed E-state index contributed by atoms with van der Waals surface area (Å²) in [5.74, 6) is 0.836. The molecule has 0 atom stereocenters. The van der Waals surface area contributed by atoms with Crippen LogP contribution in [0.3, 0.4) is 0 Å². The van der Waals surface area contributed by atoms with Gasteiger partial charge in [-0.2, -0.15) is 0 Å². The zero-order valence-corrected chi connectivity index (χ0v) is 19.8. The summed E-state index contributed by atoms with van der Waals surface area (Å²) in [6.45, 7) is 6.71. The fourth-order valence-electron chi connectivity index (χ4n) is 3.88. The molecule has 0 saturated heterocycles. The molecule has 0 saturated carbocycles. The van der Waals surface area contributed by atoms with Gasteiger partial charge in [-0.05, 0) is 60.4 Å². The van der Waals surface area contributed by atoms with Crippen LogP contribution in [-0.2, 0) is 9.59 Å². The fraction of sp³-hybridized carbons (Fsp3) is 0.214. The number of imide groups is 1. The molecule has 6 nitrogen and oxygen atoms in total. The maximum absolute atomic E-state index is 13.6. The molecule has 3 aromatic carbocycles. The van der Waals surface area contributed by atoms with Gasteiger partial charge in [0.05, 0.1) is 25.0 Å². The van der Waals surface area contributed by atoms with E-state index in [9.17, 15) is 9.59 Å². The van der Waals surface area contributed by atoms with Crippen LogP contribution in [0.25, 0.3) is 5.57 Å². The van der Waals surface area contributed by atoms with Gasteiger partial charge in [0, 0.05) is 11.8 Å². The Morgan fingerprint density at radius 1 is 0.882 bits per heavy atom. The standard InChI is InChI=1S/C28H28N2O4/c1-5-34-23-15-11-20(12-16-23)25-26(29-21-13-9-19(10-14-21)18(2)3)28(32)30(27(25)31)22-7-6-8-24(17-22)33-4/h6-18,29H,5H2,1-4H3. The Hall–Kier alpha value is -4.06. The third-order valence-corrected chi connectivity index (χ3v) is 5.70. The molecule has 0 fully saturated rings. The van der Waals surface area contributed by atoms with Gasteiger partial charge in [0.1, 0.15) is 17.2 Å². The van der Waals surface area contributed by atoms with Gasteiger partial charge in [-0.25, -0.2) is 4.90 Å². The molecule has 2 amide bonds.